The van der Waals surface area contributed by atoms with Crippen LogP contribution in [0.15, 0.2) is 51.5 Å². The molecule has 2 aromatic heterocycles. The van der Waals surface area contributed by atoms with E-state index in [1.54, 1.807) is 7.11 Å². The van der Waals surface area contributed by atoms with Gasteiger partial charge in [-0.25, -0.2) is 4.98 Å². The summed E-state index contributed by atoms with van der Waals surface area (Å²) >= 11 is 4.38. The van der Waals surface area contributed by atoms with Gasteiger partial charge in [-0.1, -0.05) is 30.0 Å². The molecule has 0 radical (unpaired) electrons. The average Bonchev–Trinajstić information content (AvgIpc) is 3.50. The van der Waals surface area contributed by atoms with Gasteiger partial charge in [0.05, 0.1) is 35.5 Å². The standard InChI is InChI=1S/C22H23N3O3S3/c1-28-19-6-3-2-5-17(19)24-8-10-25(11-9-24)21(27)13-16-14-30-22(23-16)31-15-18(26)20-7-4-12-29-20/h2-7,12,14H,8-11,13,15H2,1H3. The Bertz CT molecular complexity index is 1030. The van der Waals surface area contributed by atoms with Gasteiger partial charge in [0.1, 0.15) is 5.75 Å². The maximum Gasteiger partial charge on any atom is 0.228 e. The highest BCUT2D eigenvalue weighted by molar-refractivity contribution is 8.01. The van der Waals surface area contributed by atoms with Gasteiger partial charge in [0.2, 0.25) is 5.91 Å². The van der Waals surface area contributed by atoms with E-state index in [-0.39, 0.29) is 11.7 Å². The molecule has 0 N–H and O–H groups in total. The minimum absolute atomic E-state index is 0.0937. The minimum Gasteiger partial charge on any atom is -0.495 e. The number of carbonyl (C=O) groups is 2. The van der Waals surface area contributed by atoms with Gasteiger partial charge in [-0.3, -0.25) is 9.59 Å². The second-order valence-corrected chi connectivity index (χ2v) is 10.0. The molecule has 1 aromatic carbocycles. The third-order valence-corrected chi connectivity index (χ3v) is 8.02. The van der Waals surface area contributed by atoms with Crippen LogP contribution in [-0.4, -0.2) is 60.6 Å². The molecule has 1 fully saturated rings. The van der Waals surface area contributed by atoms with Crippen molar-refractivity contribution in [3.63, 3.8) is 0 Å². The number of hydrogen-bond acceptors (Lipinski definition) is 8. The van der Waals surface area contributed by atoms with Crippen LogP contribution < -0.4 is 9.64 Å². The van der Waals surface area contributed by atoms with Crippen LogP contribution in [0.2, 0.25) is 0 Å². The smallest absolute Gasteiger partial charge is 0.228 e. The second-order valence-electron chi connectivity index (χ2n) is 7.01. The Morgan fingerprint density at radius 2 is 1.90 bits per heavy atom. The van der Waals surface area contributed by atoms with Crippen molar-refractivity contribution in [2.24, 2.45) is 0 Å². The Hall–Kier alpha value is -2.36. The van der Waals surface area contributed by atoms with E-state index in [1.165, 1.54) is 34.4 Å². The number of piperazine rings is 1. The highest BCUT2D eigenvalue weighted by Gasteiger charge is 2.23. The van der Waals surface area contributed by atoms with Crippen molar-refractivity contribution in [3.05, 3.63) is 57.7 Å². The molecule has 9 heteroatoms. The van der Waals surface area contributed by atoms with Gasteiger partial charge in [0, 0.05) is 31.6 Å². The molecule has 31 heavy (non-hydrogen) atoms. The fourth-order valence-corrected chi connectivity index (χ4v) is 5.91. The SMILES string of the molecule is COc1ccccc1N1CCN(C(=O)Cc2csc(SCC(=O)c3cccs3)n2)CC1. The number of aromatic nitrogens is 1. The van der Waals surface area contributed by atoms with Crippen molar-refractivity contribution in [2.45, 2.75) is 10.8 Å². The topological polar surface area (TPSA) is 62.7 Å². The summed E-state index contributed by atoms with van der Waals surface area (Å²) in [6.45, 7) is 2.90. The van der Waals surface area contributed by atoms with Crippen molar-refractivity contribution < 1.29 is 14.3 Å². The summed E-state index contributed by atoms with van der Waals surface area (Å²) in [5.41, 5.74) is 1.84. The van der Waals surface area contributed by atoms with Gasteiger partial charge in [-0.05, 0) is 23.6 Å². The molecule has 1 amide bonds. The number of rotatable bonds is 8. The largest absolute Gasteiger partial charge is 0.495 e. The number of thioether (sulfide) groups is 1. The molecule has 4 rings (SSSR count). The van der Waals surface area contributed by atoms with Crippen LogP contribution in [-0.2, 0) is 11.2 Å². The first kappa shape index (κ1) is 21.9. The van der Waals surface area contributed by atoms with Crippen molar-refractivity contribution >= 4 is 51.8 Å². The average molecular weight is 474 g/mol. The predicted molar refractivity (Wildman–Crippen MR) is 127 cm³/mol. The zero-order valence-corrected chi connectivity index (χ0v) is 19.6. The summed E-state index contributed by atoms with van der Waals surface area (Å²) < 4.78 is 6.29. The summed E-state index contributed by atoms with van der Waals surface area (Å²) in [5.74, 6) is 1.43. The molecule has 0 bridgehead atoms. The van der Waals surface area contributed by atoms with Crippen molar-refractivity contribution in [3.8, 4) is 5.75 Å². The van der Waals surface area contributed by atoms with Crippen LogP contribution in [0.4, 0.5) is 5.69 Å². The molecular weight excluding hydrogens is 450 g/mol. The lowest BCUT2D eigenvalue weighted by molar-refractivity contribution is -0.130. The zero-order valence-electron chi connectivity index (χ0n) is 17.2. The molecule has 1 aliphatic rings. The molecule has 162 valence electrons. The predicted octanol–water partition coefficient (Wildman–Crippen LogP) is 4.08. The zero-order chi connectivity index (χ0) is 21.6. The van der Waals surface area contributed by atoms with E-state index in [2.05, 4.69) is 9.88 Å². The van der Waals surface area contributed by atoms with E-state index < -0.39 is 0 Å². The highest BCUT2D eigenvalue weighted by atomic mass is 32.2. The molecule has 3 heterocycles. The maximum atomic E-state index is 12.8. The molecule has 0 spiro atoms. The van der Waals surface area contributed by atoms with Crippen molar-refractivity contribution in [1.29, 1.82) is 0 Å². The normalized spacial score (nSPS) is 14.0. The second kappa shape index (κ2) is 10.3. The maximum absolute atomic E-state index is 12.8. The number of anilines is 1. The summed E-state index contributed by atoms with van der Waals surface area (Å²) in [5, 5.41) is 3.82. The molecule has 0 aliphatic carbocycles. The lowest BCUT2D eigenvalue weighted by atomic mass is 10.2. The van der Waals surface area contributed by atoms with E-state index in [1.807, 2.05) is 52.1 Å². The minimum atomic E-state index is 0.0937. The molecule has 6 nitrogen and oxygen atoms in total. The third kappa shape index (κ3) is 5.47. The van der Waals surface area contributed by atoms with Crippen molar-refractivity contribution in [2.75, 3.05) is 43.9 Å². The first-order valence-corrected chi connectivity index (χ1v) is 12.7. The van der Waals surface area contributed by atoms with Gasteiger partial charge < -0.3 is 14.5 Å². The van der Waals surface area contributed by atoms with Gasteiger partial charge >= 0.3 is 0 Å². The van der Waals surface area contributed by atoms with E-state index in [0.29, 0.717) is 25.3 Å². The van der Waals surface area contributed by atoms with Gasteiger partial charge in [0.15, 0.2) is 10.1 Å². The quantitative estimate of drug-likeness (QED) is 0.363. The number of hydrogen-bond donors (Lipinski definition) is 0. The number of amides is 1. The van der Waals surface area contributed by atoms with E-state index in [0.717, 1.165) is 39.4 Å². The van der Waals surface area contributed by atoms with E-state index in [9.17, 15) is 9.59 Å². The number of nitrogens with zero attached hydrogens (tertiary/aromatic N) is 3. The molecule has 1 saturated heterocycles. The van der Waals surface area contributed by atoms with Crippen LogP contribution in [0.5, 0.6) is 5.75 Å². The van der Waals surface area contributed by atoms with Crippen LogP contribution in [0.3, 0.4) is 0 Å². The molecule has 0 unspecified atom stereocenters. The number of ether oxygens (including phenoxy) is 1. The molecule has 0 saturated carbocycles. The van der Waals surface area contributed by atoms with Gasteiger partial charge in [-0.2, -0.15) is 0 Å². The lowest BCUT2D eigenvalue weighted by Crippen LogP contribution is -2.49. The monoisotopic (exact) mass is 473 g/mol. The van der Waals surface area contributed by atoms with Crippen LogP contribution in [0.1, 0.15) is 15.4 Å². The Labute approximate surface area is 193 Å². The fraction of sp³-hybridized carbons (Fsp3) is 0.318. The fourth-order valence-electron chi connectivity index (χ4n) is 3.43. The molecular formula is C22H23N3O3S3. The highest BCUT2D eigenvalue weighted by Crippen LogP contribution is 2.29. The Morgan fingerprint density at radius 1 is 1.10 bits per heavy atom. The van der Waals surface area contributed by atoms with Crippen LogP contribution >= 0.6 is 34.4 Å². The number of carbonyl (C=O) groups excluding carboxylic acids is 2. The van der Waals surface area contributed by atoms with Crippen molar-refractivity contribution in [1.82, 2.24) is 9.88 Å². The Balaban J connectivity index is 1.26. The summed E-state index contributed by atoms with van der Waals surface area (Å²) in [4.78, 5) is 34.4. The Kier molecular flexibility index (Phi) is 7.26. The summed E-state index contributed by atoms with van der Waals surface area (Å²) in [6, 6.07) is 11.7. The lowest BCUT2D eigenvalue weighted by Gasteiger charge is -2.36. The molecule has 0 atom stereocenters. The number of ketones is 1. The number of thiophene rings is 1. The third-order valence-electron chi connectivity index (χ3n) is 5.04. The van der Waals surface area contributed by atoms with Crippen LogP contribution in [0.25, 0.3) is 0 Å². The first-order chi connectivity index (χ1) is 15.1. The number of Topliss-reactive ketones (excluding diaryl/α,β-unsaturated/α-hetero) is 1. The number of benzene rings is 1. The molecule has 1 aliphatic heterocycles. The van der Waals surface area contributed by atoms with Gasteiger partial charge in [0.25, 0.3) is 0 Å². The first-order valence-electron chi connectivity index (χ1n) is 9.93. The van der Waals surface area contributed by atoms with Crippen LogP contribution in [0, 0.1) is 0 Å². The van der Waals surface area contributed by atoms with E-state index in [4.69, 9.17) is 4.74 Å². The van der Waals surface area contributed by atoms with E-state index >= 15 is 0 Å². The summed E-state index contributed by atoms with van der Waals surface area (Å²) in [6.07, 6.45) is 0.296. The number of methoxy groups -OCH3 is 1. The number of para-hydroxylation sites is 2. The molecule has 3 aromatic rings. The Morgan fingerprint density at radius 3 is 2.65 bits per heavy atom. The summed E-state index contributed by atoms with van der Waals surface area (Å²) in [7, 11) is 1.68. The van der Waals surface area contributed by atoms with Gasteiger partial charge in [-0.15, -0.1) is 22.7 Å². The number of thiazole rings is 1.